The zero-order valence-electron chi connectivity index (χ0n) is 12.0. The number of carboxylic acids is 1. The van der Waals surface area contributed by atoms with Crippen molar-refractivity contribution in [2.24, 2.45) is 0 Å². The maximum atomic E-state index is 13.7. The van der Waals surface area contributed by atoms with Gasteiger partial charge in [0.1, 0.15) is 15.8 Å². The van der Waals surface area contributed by atoms with E-state index in [0.29, 0.717) is 5.01 Å². The molecule has 1 aromatic carbocycles. The normalized spacial score (nSPS) is 10.7. The number of benzene rings is 1. The van der Waals surface area contributed by atoms with Gasteiger partial charge >= 0.3 is 5.97 Å². The van der Waals surface area contributed by atoms with Gasteiger partial charge in [-0.2, -0.15) is 0 Å². The quantitative estimate of drug-likeness (QED) is 0.881. The van der Waals surface area contributed by atoms with E-state index in [2.05, 4.69) is 15.5 Å². The van der Waals surface area contributed by atoms with E-state index in [9.17, 15) is 14.0 Å². The van der Waals surface area contributed by atoms with Crippen LogP contribution in [-0.2, 0) is 6.54 Å². The Bertz CT molecular complexity index is 715. The molecule has 2 N–H and O–H groups in total. The monoisotopic (exact) mass is 323 g/mol. The Morgan fingerprint density at radius 3 is 2.64 bits per heavy atom. The maximum Gasteiger partial charge on any atom is 0.335 e. The Balaban J connectivity index is 2.04. The van der Waals surface area contributed by atoms with Crippen molar-refractivity contribution < 1.29 is 19.1 Å². The number of hydrogen-bond acceptors (Lipinski definition) is 5. The Morgan fingerprint density at radius 2 is 2.09 bits per heavy atom. The van der Waals surface area contributed by atoms with E-state index in [1.807, 2.05) is 13.8 Å². The van der Waals surface area contributed by atoms with Crippen molar-refractivity contribution in [3.05, 3.63) is 45.2 Å². The molecule has 0 bridgehead atoms. The minimum absolute atomic E-state index is 0.142. The van der Waals surface area contributed by atoms with Gasteiger partial charge in [0.25, 0.3) is 5.91 Å². The van der Waals surface area contributed by atoms with Gasteiger partial charge in [-0.15, -0.1) is 10.2 Å². The van der Waals surface area contributed by atoms with Crippen molar-refractivity contribution in [2.45, 2.75) is 26.3 Å². The lowest BCUT2D eigenvalue weighted by molar-refractivity contribution is 0.0695. The molecule has 22 heavy (non-hydrogen) atoms. The highest BCUT2D eigenvalue weighted by atomic mass is 32.1. The van der Waals surface area contributed by atoms with Crippen molar-refractivity contribution in [3.63, 3.8) is 0 Å². The van der Waals surface area contributed by atoms with Gasteiger partial charge in [-0.05, 0) is 18.2 Å². The second-order valence-electron chi connectivity index (χ2n) is 4.87. The molecule has 1 heterocycles. The SMILES string of the molecule is CC(C)c1nnc(CNC(=O)c2ccc(C(=O)O)cc2F)s1. The topological polar surface area (TPSA) is 92.2 Å². The molecule has 0 atom stereocenters. The predicted octanol–water partition coefficient (Wildman–Crippen LogP) is 2.43. The Hall–Kier alpha value is -2.35. The van der Waals surface area contributed by atoms with Crippen molar-refractivity contribution in [1.82, 2.24) is 15.5 Å². The first-order valence-electron chi connectivity index (χ1n) is 6.51. The van der Waals surface area contributed by atoms with E-state index in [1.54, 1.807) is 0 Å². The van der Waals surface area contributed by atoms with Gasteiger partial charge in [-0.1, -0.05) is 25.2 Å². The lowest BCUT2D eigenvalue weighted by Gasteiger charge is -2.05. The van der Waals surface area contributed by atoms with Crippen LogP contribution >= 0.6 is 11.3 Å². The van der Waals surface area contributed by atoms with Crippen LogP contribution in [0.5, 0.6) is 0 Å². The Labute approximate surface area is 130 Å². The molecule has 0 unspecified atom stereocenters. The third-order valence-corrected chi connectivity index (χ3v) is 4.06. The number of aromatic carboxylic acids is 1. The first kappa shape index (κ1) is 16.0. The van der Waals surface area contributed by atoms with Gasteiger partial charge in [0.15, 0.2) is 0 Å². The molecule has 2 rings (SSSR count). The molecule has 0 radical (unpaired) electrons. The molecule has 1 aromatic heterocycles. The second-order valence-corrected chi connectivity index (χ2v) is 5.96. The highest BCUT2D eigenvalue weighted by Crippen LogP contribution is 2.19. The van der Waals surface area contributed by atoms with Crippen LogP contribution in [-0.4, -0.2) is 27.2 Å². The van der Waals surface area contributed by atoms with Gasteiger partial charge in [-0.3, -0.25) is 4.79 Å². The summed E-state index contributed by atoms with van der Waals surface area (Å²) in [4.78, 5) is 22.6. The Kier molecular flexibility index (Phi) is 4.81. The standard InChI is InChI=1S/C14H14FN3O3S/c1-7(2)13-18-17-11(22-13)6-16-12(19)9-4-3-8(14(20)21)5-10(9)15/h3-5,7H,6H2,1-2H3,(H,16,19)(H,20,21). The molecular weight excluding hydrogens is 309 g/mol. The van der Waals surface area contributed by atoms with Crippen molar-refractivity contribution in [1.29, 1.82) is 0 Å². The van der Waals surface area contributed by atoms with E-state index in [4.69, 9.17) is 5.11 Å². The molecule has 0 fully saturated rings. The summed E-state index contributed by atoms with van der Waals surface area (Å²) in [5, 5.41) is 20.7. The number of carbonyl (C=O) groups excluding carboxylic acids is 1. The summed E-state index contributed by atoms with van der Waals surface area (Å²) in [6.45, 7) is 4.12. The third-order valence-electron chi connectivity index (χ3n) is 2.84. The molecule has 0 saturated carbocycles. The number of rotatable bonds is 5. The summed E-state index contributed by atoms with van der Waals surface area (Å²) in [6, 6.07) is 3.15. The van der Waals surface area contributed by atoms with Gasteiger partial charge < -0.3 is 10.4 Å². The van der Waals surface area contributed by atoms with Crippen LogP contribution in [0.1, 0.15) is 50.5 Å². The molecule has 0 aliphatic rings. The molecule has 0 aliphatic carbocycles. The average Bonchev–Trinajstić information content (AvgIpc) is 2.93. The molecule has 0 spiro atoms. The first-order valence-corrected chi connectivity index (χ1v) is 7.33. The fraction of sp³-hybridized carbons (Fsp3) is 0.286. The van der Waals surface area contributed by atoms with Gasteiger partial charge in [0.2, 0.25) is 0 Å². The molecule has 0 saturated heterocycles. The maximum absolute atomic E-state index is 13.7. The lowest BCUT2D eigenvalue weighted by atomic mass is 10.1. The number of nitrogens with one attached hydrogen (secondary N) is 1. The highest BCUT2D eigenvalue weighted by Gasteiger charge is 2.15. The number of halogens is 1. The summed E-state index contributed by atoms with van der Waals surface area (Å²) in [5.41, 5.74) is -0.418. The lowest BCUT2D eigenvalue weighted by Crippen LogP contribution is -2.24. The minimum atomic E-state index is -1.25. The number of amides is 1. The second kappa shape index (κ2) is 6.61. The van der Waals surface area contributed by atoms with Crippen LogP contribution in [0, 0.1) is 5.82 Å². The van der Waals surface area contributed by atoms with E-state index >= 15 is 0 Å². The zero-order chi connectivity index (χ0) is 16.3. The number of carbonyl (C=O) groups is 2. The van der Waals surface area contributed by atoms with E-state index < -0.39 is 17.7 Å². The number of hydrogen-bond donors (Lipinski definition) is 2. The van der Waals surface area contributed by atoms with Crippen LogP contribution in [0.2, 0.25) is 0 Å². The summed E-state index contributed by atoms with van der Waals surface area (Å²) >= 11 is 1.38. The molecule has 116 valence electrons. The first-order chi connectivity index (χ1) is 10.4. The average molecular weight is 323 g/mol. The number of aromatic nitrogens is 2. The molecular formula is C14H14FN3O3S. The molecule has 1 amide bonds. The van der Waals surface area contributed by atoms with Crippen molar-refractivity contribution >= 4 is 23.2 Å². The summed E-state index contributed by atoms with van der Waals surface area (Å²) in [7, 11) is 0. The van der Waals surface area contributed by atoms with Crippen LogP contribution < -0.4 is 5.32 Å². The predicted molar refractivity (Wildman–Crippen MR) is 78.5 cm³/mol. The van der Waals surface area contributed by atoms with Crippen LogP contribution in [0.3, 0.4) is 0 Å². The van der Waals surface area contributed by atoms with Crippen LogP contribution in [0.25, 0.3) is 0 Å². The summed E-state index contributed by atoms with van der Waals surface area (Å²) in [5.74, 6) is -2.50. The molecule has 2 aromatic rings. The fourth-order valence-corrected chi connectivity index (χ4v) is 2.44. The smallest absolute Gasteiger partial charge is 0.335 e. The Morgan fingerprint density at radius 1 is 1.36 bits per heavy atom. The highest BCUT2D eigenvalue weighted by molar-refractivity contribution is 7.11. The molecule has 6 nitrogen and oxygen atoms in total. The van der Waals surface area contributed by atoms with Gasteiger partial charge in [-0.25, -0.2) is 9.18 Å². The van der Waals surface area contributed by atoms with Crippen LogP contribution in [0.15, 0.2) is 18.2 Å². The third kappa shape index (κ3) is 3.64. The van der Waals surface area contributed by atoms with E-state index in [0.717, 1.165) is 17.1 Å². The van der Waals surface area contributed by atoms with E-state index in [-0.39, 0.29) is 23.6 Å². The molecule has 8 heteroatoms. The minimum Gasteiger partial charge on any atom is -0.478 e. The number of carboxylic acid groups (broad SMARTS) is 1. The molecule has 0 aliphatic heterocycles. The van der Waals surface area contributed by atoms with Crippen LogP contribution in [0.4, 0.5) is 4.39 Å². The van der Waals surface area contributed by atoms with Gasteiger partial charge in [0, 0.05) is 5.92 Å². The fourth-order valence-electron chi connectivity index (χ4n) is 1.65. The summed E-state index contributed by atoms with van der Waals surface area (Å²) < 4.78 is 13.7. The van der Waals surface area contributed by atoms with Gasteiger partial charge in [0.05, 0.1) is 17.7 Å². The number of nitrogens with zero attached hydrogens (tertiary/aromatic N) is 2. The summed E-state index contributed by atoms with van der Waals surface area (Å²) in [6.07, 6.45) is 0. The van der Waals surface area contributed by atoms with Crippen molar-refractivity contribution in [2.75, 3.05) is 0 Å². The zero-order valence-corrected chi connectivity index (χ0v) is 12.8. The largest absolute Gasteiger partial charge is 0.478 e. The van der Waals surface area contributed by atoms with Crippen molar-refractivity contribution in [3.8, 4) is 0 Å². The van der Waals surface area contributed by atoms with E-state index in [1.165, 1.54) is 17.4 Å².